The molecule has 0 aromatic rings. The summed E-state index contributed by atoms with van der Waals surface area (Å²) in [7, 11) is 1.84. The van der Waals surface area contributed by atoms with E-state index >= 15 is 0 Å². The maximum atomic E-state index is 11.7. The van der Waals surface area contributed by atoms with Gasteiger partial charge in [0.15, 0.2) is 0 Å². The van der Waals surface area contributed by atoms with Gasteiger partial charge in [-0.3, -0.25) is 4.79 Å². The summed E-state index contributed by atoms with van der Waals surface area (Å²) >= 11 is 0. The topological polar surface area (TPSA) is 44.4 Å². The van der Waals surface area contributed by atoms with Crippen molar-refractivity contribution >= 4 is 5.91 Å². The van der Waals surface area contributed by atoms with Crippen LogP contribution >= 0.6 is 0 Å². The van der Waals surface area contributed by atoms with Crippen molar-refractivity contribution < 1.29 is 4.79 Å². The van der Waals surface area contributed by atoms with Crippen molar-refractivity contribution in [1.82, 2.24) is 15.5 Å². The molecule has 1 heterocycles. The van der Waals surface area contributed by atoms with Crippen molar-refractivity contribution in [2.75, 3.05) is 26.7 Å². The van der Waals surface area contributed by atoms with Crippen LogP contribution in [0.2, 0.25) is 0 Å². The fraction of sp³-hybridized carbons (Fsp3) is 0.900. The molecule has 2 unspecified atom stereocenters. The van der Waals surface area contributed by atoms with Crippen LogP contribution in [-0.2, 0) is 4.79 Å². The molecular weight excluding hydrogens is 178 g/mol. The highest BCUT2D eigenvalue weighted by atomic mass is 16.2. The zero-order chi connectivity index (χ0) is 10.6. The number of nitrogens with zero attached hydrogens (tertiary/aromatic N) is 1. The molecule has 4 nitrogen and oxygen atoms in total. The number of carbonyl (C=O) groups is 1. The van der Waals surface area contributed by atoms with Crippen LogP contribution in [0.25, 0.3) is 0 Å². The first-order valence-corrected chi connectivity index (χ1v) is 5.37. The van der Waals surface area contributed by atoms with Gasteiger partial charge in [-0.05, 0) is 26.8 Å². The fourth-order valence-corrected chi connectivity index (χ4v) is 1.71. The van der Waals surface area contributed by atoms with E-state index in [0.717, 1.165) is 26.1 Å². The van der Waals surface area contributed by atoms with Crippen molar-refractivity contribution in [2.24, 2.45) is 0 Å². The van der Waals surface area contributed by atoms with E-state index in [0.29, 0.717) is 6.04 Å². The smallest absolute Gasteiger partial charge is 0.239 e. The summed E-state index contributed by atoms with van der Waals surface area (Å²) in [6.45, 7) is 6.73. The lowest BCUT2D eigenvalue weighted by Crippen LogP contribution is -2.47. The molecule has 1 rings (SSSR count). The molecule has 1 aliphatic heterocycles. The lowest BCUT2D eigenvalue weighted by atomic mass is 10.2. The second-order valence-corrected chi connectivity index (χ2v) is 3.93. The number of rotatable bonds is 4. The molecule has 0 aromatic carbocycles. The van der Waals surface area contributed by atoms with Crippen molar-refractivity contribution in [2.45, 2.75) is 32.4 Å². The van der Waals surface area contributed by atoms with Gasteiger partial charge in [0, 0.05) is 26.2 Å². The Labute approximate surface area is 86.0 Å². The molecule has 1 aliphatic rings. The Morgan fingerprint density at radius 3 is 2.93 bits per heavy atom. The van der Waals surface area contributed by atoms with Crippen LogP contribution < -0.4 is 10.6 Å². The quantitative estimate of drug-likeness (QED) is 0.659. The van der Waals surface area contributed by atoms with E-state index in [2.05, 4.69) is 10.6 Å². The Hall–Kier alpha value is -0.610. The maximum Gasteiger partial charge on any atom is 0.239 e. The summed E-state index contributed by atoms with van der Waals surface area (Å²) < 4.78 is 0. The van der Waals surface area contributed by atoms with Gasteiger partial charge in [-0.2, -0.15) is 0 Å². The molecule has 0 aliphatic carbocycles. The standard InChI is InChI=1S/C10H21N3O/c1-4-13(3)10(14)8(2)12-9-5-6-11-7-9/h8-9,11-12H,4-7H2,1-3H3. The lowest BCUT2D eigenvalue weighted by molar-refractivity contribution is -0.131. The molecule has 0 saturated carbocycles. The van der Waals surface area contributed by atoms with Crippen LogP contribution in [0.15, 0.2) is 0 Å². The van der Waals surface area contributed by atoms with Gasteiger partial charge < -0.3 is 15.5 Å². The van der Waals surface area contributed by atoms with Crippen LogP contribution in [-0.4, -0.2) is 49.6 Å². The highest BCUT2D eigenvalue weighted by Crippen LogP contribution is 2.00. The molecule has 14 heavy (non-hydrogen) atoms. The molecule has 0 spiro atoms. The van der Waals surface area contributed by atoms with Crippen LogP contribution in [0.5, 0.6) is 0 Å². The third-order valence-corrected chi connectivity index (χ3v) is 2.77. The minimum Gasteiger partial charge on any atom is -0.345 e. The first kappa shape index (κ1) is 11.5. The van der Waals surface area contributed by atoms with Gasteiger partial charge in [0.2, 0.25) is 5.91 Å². The summed E-state index contributed by atoms with van der Waals surface area (Å²) in [6, 6.07) is 0.393. The van der Waals surface area contributed by atoms with E-state index < -0.39 is 0 Å². The van der Waals surface area contributed by atoms with Crippen molar-refractivity contribution in [3.05, 3.63) is 0 Å². The van der Waals surface area contributed by atoms with E-state index in [1.807, 2.05) is 20.9 Å². The number of likely N-dealkylation sites (N-methyl/N-ethyl adjacent to an activating group) is 1. The molecular formula is C10H21N3O. The normalized spacial score (nSPS) is 23.5. The Kier molecular flexibility index (Phi) is 4.35. The molecule has 0 radical (unpaired) electrons. The Morgan fingerprint density at radius 2 is 2.43 bits per heavy atom. The Bertz CT molecular complexity index is 190. The zero-order valence-electron chi connectivity index (χ0n) is 9.34. The van der Waals surface area contributed by atoms with E-state index in [1.54, 1.807) is 4.90 Å². The first-order valence-electron chi connectivity index (χ1n) is 5.37. The average Bonchev–Trinajstić information content (AvgIpc) is 2.68. The minimum absolute atomic E-state index is 0.0650. The molecule has 2 N–H and O–H groups in total. The predicted molar refractivity (Wildman–Crippen MR) is 57.2 cm³/mol. The Balaban J connectivity index is 2.32. The Morgan fingerprint density at radius 1 is 1.71 bits per heavy atom. The third-order valence-electron chi connectivity index (χ3n) is 2.77. The van der Waals surface area contributed by atoms with Crippen molar-refractivity contribution in [1.29, 1.82) is 0 Å². The van der Waals surface area contributed by atoms with Gasteiger partial charge in [-0.25, -0.2) is 0 Å². The summed E-state index contributed by atoms with van der Waals surface area (Å²) in [5, 5.41) is 6.61. The second kappa shape index (κ2) is 5.32. The van der Waals surface area contributed by atoms with Crippen molar-refractivity contribution in [3.8, 4) is 0 Å². The molecule has 0 bridgehead atoms. The van der Waals surface area contributed by atoms with E-state index in [-0.39, 0.29) is 11.9 Å². The second-order valence-electron chi connectivity index (χ2n) is 3.93. The average molecular weight is 199 g/mol. The summed E-state index contributed by atoms with van der Waals surface area (Å²) in [6.07, 6.45) is 1.12. The van der Waals surface area contributed by atoms with Crippen LogP contribution in [0, 0.1) is 0 Å². The number of nitrogens with one attached hydrogen (secondary N) is 2. The maximum absolute atomic E-state index is 11.7. The summed E-state index contributed by atoms with van der Waals surface area (Å²) in [5.74, 6) is 0.180. The lowest BCUT2D eigenvalue weighted by Gasteiger charge is -2.23. The molecule has 1 saturated heterocycles. The minimum atomic E-state index is -0.0650. The molecule has 0 aromatic heterocycles. The highest BCUT2D eigenvalue weighted by Gasteiger charge is 2.21. The summed E-state index contributed by atoms with van der Waals surface area (Å²) in [4.78, 5) is 13.5. The van der Waals surface area contributed by atoms with E-state index in [1.165, 1.54) is 0 Å². The van der Waals surface area contributed by atoms with Crippen molar-refractivity contribution in [3.63, 3.8) is 0 Å². The molecule has 4 heteroatoms. The van der Waals surface area contributed by atoms with Crippen LogP contribution in [0.3, 0.4) is 0 Å². The number of hydrogen-bond acceptors (Lipinski definition) is 3. The third kappa shape index (κ3) is 2.96. The molecule has 1 amide bonds. The largest absolute Gasteiger partial charge is 0.345 e. The van der Waals surface area contributed by atoms with Gasteiger partial charge >= 0.3 is 0 Å². The van der Waals surface area contributed by atoms with Gasteiger partial charge in [0.1, 0.15) is 0 Å². The summed E-state index contributed by atoms with van der Waals surface area (Å²) in [5.41, 5.74) is 0. The van der Waals surface area contributed by atoms with Gasteiger partial charge in [-0.1, -0.05) is 0 Å². The molecule has 2 atom stereocenters. The van der Waals surface area contributed by atoms with Crippen LogP contribution in [0.1, 0.15) is 20.3 Å². The van der Waals surface area contributed by atoms with E-state index in [9.17, 15) is 4.79 Å². The number of amides is 1. The molecule has 1 fully saturated rings. The molecule has 82 valence electrons. The monoisotopic (exact) mass is 199 g/mol. The van der Waals surface area contributed by atoms with Gasteiger partial charge in [0.25, 0.3) is 0 Å². The predicted octanol–water partition coefficient (Wildman–Crippen LogP) is -0.195. The SMILES string of the molecule is CCN(C)C(=O)C(C)NC1CCNC1. The van der Waals surface area contributed by atoms with Gasteiger partial charge in [0.05, 0.1) is 6.04 Å². The first-order chi connectivity index (χ1) is 6.65. The number of carbonyl (C=O) groups excluding carboxylic acids is 1. The van der Waals surface area contributed by atoms with E-state index in [4.69, 9.17) is 0 Å². The van der Waals surface area contributed by atoms with Crippen LogP contribution in [0.4, 0.5) is 0 Å². The van der Waals surface area contributed by atoms with Gasteiger partial charge in [-0.15, -0.1) is 0 Å². The number of hydrogen-bond donors (Lipinski definition) is 2. The highest BCUT2D eigenvalue weighted by molar-refractivity contribution is 5.81. The zero-order valence-corrected chi connectivity index (χ0v) is 9.34. The fourth-order valence-electron chi connectivity index (χ4n) is 1.71.